The van der Waals surface area contributed by atoms with Gasteiger partial charge < -0.3 is 14.2 Å². The van der Waals surface area contributed by atoms with Crippen LogP contribution in [0.1, 0.15) is 23.7 Å². The minimum absolute atomic E-state index is 0.287. The SMILES string of the molecule is CCOC(=O)/C=C(\c1ccc2cc(OC)ccc2c1)c1cc(-c2ccc(C)cc2)n(-c2ccc(OC)cc2)n1. The standard InChI is InChI=1S/C33H30N2O4/c1-5-39-33(36)20-30(26-11-10-25-19-29(38-4)15-12-24(25)18-26)31-21-32(23-8-6-22(2)7-9-23)35(34-31)27-13-16-28(37-3)17-14-27/h6-21H,5H2,1-4H3/b30-20+. The van der Waals surface area contributed by atoms with Gasteiger partial charge in [0.1, 0.15) is 11.5 Å². The van der Waals surface area contributed by atoms with Crippen molar-refractivity contribution in [2.45, 2.75) is 13.8 Å². The number of carbonyl (C=O) groups excluding carboxylic acids is 1. The smallest absolute Gasteiger partial charge is 0.331 e. The van der Waals surface area contributed by atoms with E-state index in [2.05, 4.69) is 37.3 Å². The molecule has 0 atom stereocenters. The Kier molecular flexibility index (Phi) is 7.46. The molecule has 0 aliphatic carbocycles. The van der Waals surface area contributed by atoms with Gasteiger partial charge in [0.2, 0.25) is 0 Å². The Balaban J connectivity index is 1.69. The number of fused-ring (bicyclic) bond motifs is 1. The van der Waals surface area contributed by atoms with Gasteiger partial charge in [-0.25, -0.2) is 9.48 Å². The zero-order valence-corrected chi connectivity index (χ0v) is 22.5. The molecule has 0 saturated carbocycles. The van der Waals surface area contributed by atoms with Crippen molar-refractivity contribution in [2.75, 3.05) is 20.8 Å². The summed E-state index contributed by atoms with van der Waals surface area (Å²) >= 11 is 0. The highest BCUT2D eigenvalue weighted by molar-refractivity contribution is 5.98. The molecule has 0 spiro atoms. The van der Waals surface area contributed by atoms with Gasteiger partial charge in [-0.05, 0) is 78.7 Å². The molecule has 6 heteroatoms. The lowest BCUT2D eigenvalue weighted by molar-refractivity contribution is -0.137. The van der Waals surface area contributed by atoms with Crippen LogP contribution in [0.3, 0.4) is 0 Å². The van der Waals surface area contributed by atoms with Crippen LogP contribution in [0.4, 0.5) is 0 Å². The lowest BCUT2D eigenvalue weighted by atomic mass is 9.98. The fraction of sp³-hybridized carbons (Fsp3) is 0.152. The first kappa shape index (κ1) is 25.8. The molecular weight excluding hydrogens is 488 g/mol. The third-order valence-electron chi connectivity index (χ3n) is 6.56. The summed E-state index contributed by atoms with van der Waals surface area (Å²) < 4.78 is 17.9. The van der Waals surface area contributed by atoms with Gasteiger partial charge in [-0.2, -0.15) is 5.10 Å². The van der Waals surface area contributed by atoms with Crippen molar-refractivity contribution in [1.29, 1.82) is 0 Å². The molecule has 0 amide bonds. The zero-order chi connectivity index (χ0) is 27.4. The predicted molar refractivity (Wildman–Crippen MR) is 155 cm³/mol. The average molecular weight is 519 g/mol. The van der Waals surface area contributed by atoms with Crippen molar-refractivity contribution < 1.29 is 19.0 Å². The molecule has 0 aliphatic heterocycles. The van der Waals surface area contributed by atoms with Crippen LogP contribution < -0.4 is 9.47 Å². The first-order chi connectivity index (χ1) is 19.0. The monoisotopic (exact) mass is 518 g/mol. The molecule has 0 unspecified atom stereocenters. The molecule has 5 rings (SSSR count). The predicted octanol–water partition coefficient (Wildman–Crippen LogP) is 7.01. The van der Waals surface area contributed by atoms with Crippen molar-refractivity contribution in [3.8, 4) is 28.4 Å². The molecule has 4 aromatic carbocycles. The summed E-state index contributed by atoms with van der Waals surface area (Å²) in [6.45, 7) is 4.14. The van der Waals surface area contributed by atoms with Crippen molar-refractivity contribution in [3.63, 3.8) is 0 Å². The van der Waals surface area contributed by atoms with E-state index in [-0.39, 0.29) is 6.61 Å². The number of aryl methyl sites for hydroxylation is 1. The van der Waals surface area contributed by atoms with E-state index in [1.165, 1.54) is 11.6 Å². The maximum absolute atomic E-state index is 12.7. The molecule has 0 fully saturated rings. The van der Waals surface area contributed by atoms with Crippen molar-refractivity contribution in [3.05, 3.63) is 114 Å². The number of nitrogens with zero attached hydrogens (tertiary/aromatic N) is 2. The van der Waals surface area contributed by atoms with Crippen LogP contribution in [0.5, 0.6) is 11.5 Å². The highest BCUT2D eigenvalue weighted by Gasteiger charge is 2.18. The number of aromatic nitrogens is 2. The summed E-state index contributed by atoms with van der Waals surface area (Å²) in [5.41, 5.74) is 6.14. The molecule has 1 aromatic heterocycles. The first-order valence-electron chi connectivity index (χ1n) is 12.8. The van der Waals surface area contributed by atoms with Crippen LogP contribution in [0.2, 0.25) is 0 Å². The number of benzene rings is 4. The van der Waals surface area contributed by atoms with Gasteiger partial charge in [0.15, 0.2) is 0 Å². The Morgan fingerprint density at radius 1 is 0.821 bits per heavy atom. The molecular formula is C33H30N2O4. The van der Waals surface area contributed by atoms with E-state index in [9.17, 15) is 4.79 Å². The summed E-state index contributed by atoms with van der Waals surface area (Å²) in [5.74, 6) is 1.13. The van der Waals surface area contributed by atoms with E-state index in [1.54, 1.807) is 21.1 Å². The fourth-order valence-corrected chi connectivity index (χ4v) is 4.49. The molecule has 0 aliphatic rings. The molecule has 0 N–H and O–H groups in total. The van der Waals surface area contributed by atoms with Crippen LogP contribution in [0.25, 0.3) is 33.3 Å². The third kappa shape index (κ3) is 5.55. The van der Waals surface area contributed by atoms with E-state index < -0.39 is 5.97 Å². The molecule has 0 radical (unpaired) electrons. The lowest BCUT2D eigenvalue weighted by Crippen LogP contribution is -2.03. The normalized spacial score (nSPS) is 11.4. The summed E-state index contributed by atoms with van der Waals surface area (Å²) in [6.07, 6.45) is 1.52. The van der Waals surface area contributed by atoms with E-state index in [4.69, 9.17) is 19.3 Å². The van der Waals surface area contributed by atoms with Crippen molar-refractivity contribution in [2.24, 2.45) is 0 Å². The summed E-state index contributed by atoms with van der Waals surface area (Å²) in [6, 6.07) is 30.0. The van der Waals surface area contributed by atoms with Crippen molar-refractivity contribution in [1.82, 2.24) is 9.78 Å². The highest BCUT2D eigenvalue weighted by Crippen LogP contribution is 2.32. The second-order valence-electron chi connectivity index (χ2n) is 9.13. The maximum atomic E-state index is 12.7. The fourth-order valence-electron chi connectivity index (χ4n) is 4.49. The van der Waals surface area contributed by atoms with Gasteiger partial charge in [0, 0.05) is 17.2 Å². The molecule has 6 nitrogen and oxygen atoms in total. The van der Waals surface area contributed by atoms with Crippen LogP contribution in [0, 0.1) is 6.92 Å². The van der Waals surface area contributed by atoms with E-state index in [1.807, 2.05) is 65.3 Å². The number of hydrogen-bond acceptors (Lipinski definition) is 5. The van der Waals surface area contributed by atoms with Crippen molar-refractivity contribution >= 4 is 22.3 Å². The second kappa shape index (κ2) is 11.3. The van der Waals surface area contributed by atoms with Crippen LogP contribution >= 0.6 is 0 Å². The van der Waals surface area contributed by atoms with Gasteiger partial charge in [-0.3, -0.25) is 0 Å². The van der Waals surface area contributed by atoms with Crippen LogP contribution in [-0.2, 0) is 9.53 Å². The maximum Gasteiger partial charge on any atom is 0.331 e. The van der Waals surface area contributed by atoms with E-state index in [0.717, 1.165) is 44.8 Å². The molecule has 5 aromatic rings. The van der Waals surface area contributed by atoms with E-state index >= 15 is 0 Å². The highest BCUT2D eigenvalue weighted by atomic mass is 16.5. The van der Waals surface area contributed by atoms with Gasteiger partial charge >= 0.3 is 5.97 Å². The summed E-state index contributed by atoms with van der Waals surface area (Å²) in [4.78, 5) is 12.7. The first-order valence-corrected chi connectivity index (χ1v) is 12.8. The quantitative estimate of drug-likeness (QED) is 0.163. The number of methoxy groups -OCH3 is 2. The Bertz CT molecular complexity index is 1650. The molecule has 1 heterocycles. The van der Waals surface area contributed by atoms with Crippen LogP contribution in [0.15, 0.2) is 97.1 Å². The largest absolute Gasteiger partial charge is 0.497 e. The minimum Gasteiger partial charge on any atom is -0.497 e. The number of hydrogen-bond donors (Lipinski definition) is 0. The Labute approximate surface area is 228 Å². The number of ether oxygens (including phenoxy) is 3. The Morgan fingerprint density at radius 2 is 1.49 bits per heavy atom. The molecule has 39 heavy (non-hydrogen) atoms. The molecule has 0 saturated heterocycles. The zero-order valence-electron chi connectivity index (χ0n) is 22.5. The molecule has 196 valence electrons. The van der Waals surface area contributed by atoms with Gasteiger partial charge in [-0.1, -0.05) is 48.0 Å². The Hall–Kier alpha value is -4.84. The third-order valence-corrected chi connectivity index (χ3v) is 6.56. The average Bonchev–Trinajstić information content (AvgIpc) is 3.41. The number of carbonyl (C=O) groups is 1. The number of esters is 1. The van der Waals surface area contributed by atoms with E-state index in [0.29, 0.717) is 11.3 Å². The van der Waals surface area contributed by atoms with Gasteiger partial charge in [-0.15, -0.1) is 0 Å². The second-order valence-corrected chi connectivity index (χ2v) is 9.13. The number of rotatable bonds is 8. The van der Waals surface area contributed by atoms with Gasteiger partial charge in [0.05, 0.1) is 37.9 Å². The van der Waals surface area contributed by atoms with Gasteiger partial charge in [0.25, 0.3) is 0 Å². The summed E-state index contributed by atoms with van der Waals surface area (Å²) in [5, 5.41) is 7.08. The topological polar surface area (TPSA) is 62.6 Å². The Morgan fingerprint density at radius 3 is 2.18 bits per heavy atom. The lowest BCUT2D eigenvalue weighted by Gasteiger charge is -2.09. The molecule has 0 bridgehead atoms. The van der Waals surface area contributed by atoms with Crippen LogP contribution in [-0.4, -0.2) is 36.6 Å². The summed E-state index contributed by atoms with van der Waals surface area (Å²) in [7, 11) is 3.30. The minimum atomic E-state index is -0.418.